The molecule has 0 saturated heterocycles. The normalized spacial score (nSPS) is 10.5. The zero-order valence-corrected chi connectivity index (χ0v) is 13.1. The second-order valence-electron chi connectivity index (χ2n) is 5.36. The first-order chi connectivity index (χ1) is 11.7. The highest BCUT2D eigenvalue weighted by molar-refractivity contribution is 5.94. The number of aromatic nitrogens is 3. The van der Waals surface area contributed by atoms with E-state index in [4.69, 9.17) is 0 Å². The Morgan fingerprint density at radius 2 is 1.96 bits per heavy atom. The summed E-state index contributed by atoms with van der Waals surface area (Å²) in [4.78, 5) is 27.0. The maximum Gasteiger partial charge on any atom is 0.261 e. The molecule has 24 heavy (non-hydrogen) atoms. The number of aromatic amines is 1. The number of hydrogen-bond acceptors (Lipinski definition) is 3. The summed E-state index contributed by atoms with van der Waals surface area (Å²) >= 11 is 0. The molecule has 1 aromatic carbocycles. The summed E-state index contributed by atoms with van der Waals surface area (Å²) in [7, 11) is 0. The van der Waals surface area contributed by atoms with E-state index in [1.807, 2.05) is 42.6 Å². The molecule has 0 fully saturated rings. The van der Waals surface area contributed by atoms with E-state index >= 15 is 0 Å². The maximum absolute atomic E-state index is 12.1. The Balaban J connectivity index is 1.60. The molecule has 6 nitrogen and oxygen atoms in total. The second kappa shape index (κ2) is 7.41. The molecule has 0 aliphatic heterocycles. The summed E-state index contributed by atoms with van der Waals surface area (Å²) in [6.45, 7) is 1.20. The molecule has 2 N–H and O–H groups in total. The number of hydrogen-bond donors (Lipinski definition) is 2. The third kappa shape index (κ3) is 3.78. The molecule has 2 heterocycles. The van der Waals surface area contributed by atoms with E-state index < -0.39 is 0 Å². The summed E-state index contributed by atoms with van der Waals surface area (Å²) in [6, 6.07) is 14.7. The van der Waals surface area contributed by atoms with Crippen LogP contribution in [-0.2, 0) is 6.54 Å². The van der Waals surface area contributed by atoms with Gasteiger partial charge < -0.3 is 10.3 Å². The second-order valence-corrected chi connectivity index (χ2v) is 5.36. The zero-order valence-electron chi connectivity index (χ0n) is 13.1. The minimum absolute atomic E-state index is 0.119. The van der Waals surface area contributed by atoms with E-state index in [0.29, 0.717) is 12.2 Å². The van der Waals surface area contributed by atoms with Crippen LogP contribution >= 0.6 is 0 Å². The monoisotopic (exact) mass is 322 g/mol. The van der Waals surface area contributed by atoms with Gasteiger partial charge >= 0.3 is 0 Å². The van der Waals surface area contributed by atoms with E-state index in [1.165, 1.54) is 0 Å². The van der Waals surface area contributed by atoms with Crippen molar-refractivity contribution in [2.45, 2.75) is 13.0 Å². The number of pyridine rings is 1. The lowest BCUT2D eigenvalue weighted by Gasteiger charge is -2.06. The van der Waals surface area contributed by atoms with Crippen LogP contribution in [0.1, 0.15) is 16.8 Å². The fraction of sp³-hybridized carbons (Fsp3) is 0.167. The largest absolute Gasteiger partial charge is 0.352 e. The minimum Gasteiger partial charge on any atom is -0.352 e. The number of aryl methyl sites for hydroxylation is 1. The summed E-state index contributed by atoms with van der Waals surface area (Å²) in [5, 5.41) is 6.85. The number of nitrogens with one attached hydrogen (secondary N) is 2. The van der Waals surface area contributed by atoms with Crippen LogP contribution in [0.25, 0.3) is 11.3 Å². The summed E-state index contributed by atoms with van der Waals surface area (Å²) in [5.41, 5.74) is 1.33. The maximum atomic E-state index is 12.1. The van der Waals surface area contributed by atoms with Crippen molar-refractivity contribution in [2.24, 2.45) is 0 Å². The first-order valence-electron chi connectivity index (χ1n) is 7.78. The highest BCUT2D eigenvalue weighted by Gasteiger charge is 2.10. The highest BCUT2D eigenvalue weighted by atomic mass is 16.2. The first kappa shape index (κ1) is 15.7. The van der Waals surface area contributed by atoms with Crippen molar-refractivity contribution in [3.05, 3.63) is 76.8 Å². The molecule has 6 heteroatoms. The van der Waals surface area contributed by atoms with Crippen molar-refractivity contribution >= 4 is 5.91 Å². The lowest BCUT2D eigenvalue weighted by molar-refractivity contribution is 0.0951. The number of carbonyl (C=O) groups excluding carboxylic acids is 1. The van der Waals surface area contributed by atoms with E-state index in [0.717, 1.165) is 18.5 Å². The van der Waals surface area contributed by atoms with Crippen LogP contribution < -0.4 is 10.9 Å². The van der Waals surface area contributed by atoms with Crippen molar-refractivity contribution in [3.63, 3.8) is 0 Å². The molecule has 0 aliphatic rings. The van der Waals surface area contributed by atoms with Gasteiger partial charge in [-0.2, -0.15) is 5.10 Å². The number of nitrogens with zero attached hydrogens (tertiary/aromatic N) is 2. The van der Waals surface area contributed by atoms with Crippen LogP contribution in [0.2, 0.25) is 0 Å². The Hall–Kier alpha value is -3.15. The van der Waals surface area contributed by atoms with Gasteiger partial charge in [0.1, 0.15) is 5.56 Å². The Kier molecular flexibility index (Phi) is 4.86. The summed E-state index contributed by atoms with van der Waals surface area (Å²) in [5.74, 6) is -0.365. The van der Waals surface area contributed by atoms with E-state index in [2.05, 4.69) is 15.4 Å². The van der Waals surface area contributed by atoms with Crippen LogP contribution in [0.4, 0.5) is 0 Å². The molecule has 0 radical (unpaired) electrons. The quantitative estimate of drug-likeness (QED) is 0.682. The SMILES string of the molecule is O=C(NCCCn1cccn1)c1ccc(-c2ccccc2)[nH]c1=O. The van der Waals surface area contributed by atoms with Gasteiger partial charge in [-0.15, -0.1) is 0 Å². The van der Waals surface area contributed by atoms with Gasteiger partial charge in [0.25, 0.3) is 11.5 Å². The number of amides is 1. The fourth-order valence-electron chi connectivity index (χ4n) is 2.41. The molecule has 0 spiro atoms. The van der Waals surface area contributed by atoms with Crippen LogP contribution in [0.15, 0.2) is 65.7 Å². The molecular formula is C18H18N4O2. The number of benzene rings is 1. The molecule has 0 bridgehead atoms. The van der Waals surface area contributed by atoms with E-state index in [1.54, 1.807) is 23.0 Å². The third-order valence-corrected chi connectivity index (χ3v) is 3.65. The van der Waals surface area contributed by atoms with Gasteiger partial charge in [-0.1, -0.05) is 30.3 Å². The Morgan fingerprint density at radius 1 is 1.12 bits per heavy atom. The van der Waals surface area contributed by atoms with Crippen molar-refractivity contribution in [1.82, 2.24) is 20.1 Å². The van der Waals surface area contributed by atoms with Gasteiger partial charge in [-0.05, 0) is 30.2 Å². The van der Waals surface area contributed by atoms with Gasteiger partial charge in [0.05, 0.1) is 0 Å². The smallest absolute Gasteiger partial charge is 0.261 e. The zero-order chi connectivity index (χ0) is 16.8. The fourth-order valence-corrected chi connectivity index (χ4v) is 2.41. The van der Waals surface area contributed by atoms with E-state index in [9.17, 15) is 9.59 Å². The molecule has 0 atom stereocenters. The molecule has 0 aliphatic carbocycles. The minimum atomic E-state index is -0.388. The van der Waals surface area contributed by atoms with Crippen molar-refractivity contribution in [1.29, 1.82) is 0 Å². The van der Waals surface area contributed by atoms with Crippen molar-refractivity contribution < 1.29 is 4.79 Å². The van der Waals surface area contributed by atoms with Crippen LogP contribution in [0, 0.1) is 0 Å². The lowest BCUT2D eigenvalue weighted by Crippen LogP contribution is -2.30. The Bertz CT molecular complexity index is 854. The molecule has 2 aromatic heterocycles. The first-order valence-corrected chi connectivity index (χ1v) is 7.78. The third-order valence-electron chi connectivity index (χ3n) is 3.65. The summed E-state index contributed by atoms with van der Waals surface area (Å²) < 4.78 is 1.80. The van der Waals surface area contributed by atoms with Gasteiger partial charge in [0.15, 0.2) is 0 Å². The molecule has 3 rings (SSSR count). The molecule has 122 valence electrons. The average molecular weight is 322 g/mol. The average Bonchev–Trinajstić information content (AvgIpc) is 3.12. The van der Waals surface area contributed by atoms with Crippen molar-refractivity contribution in [2.75, 3.05) is 6.54 Å². The van der Waals surface area contributed by atoms with Gasteiger partial charge in [-0.3, -0.25) is 14.3 Å². The van der Waals surface area contributed by atoms with Crippen molar-refractivity contribution in [3.8, 4) is 11.3 Å². The Labute approximate surface area is 139 Å². The number of rotatable bonds is 6. The number of carbonyl (C=O) groups is 1. The van der Waals surface area contributed by atoms with Crippen LogP contribution in [0.3, 0.4) is 0 Å². The predicted molar refractivity (Wildman–Crippen MR) is 91.7 cm³/mol. The molecule has 0 saturated carbocycles. The van der Waals surface area contributed by atoms with E-state index in [-0.39, 0.29) is 17.0 Å². The number of H-pyrrole nitrogens is 1. The molecule has 1 amide bonds. The molecular weight excluding hydrogens is 304 g/mol. The van der Waals surface area contributed by atoms with Gasteiger partial charge in [0.2, 0.25) is 0 Å². The predicted octanol–water partition coefficient (Wildman–Crippen LogP) is 2.06. The lowest BCUT2D eigenvalue weighted by atomic mass is 10.1. The topological polar surface area (TPSA) is 79.8 Å². The highest BCUT2D eigenvalue weighted by Crippen LogP contribution is 2.14. The van der Waals surface area contributed by atoms with Crippen LogP contribution in [-0.4, -0.2) is 27.2 Å². The van der Waals surface area contributed by atoms with Gasteiger partial charge in [0, 0.05) is 31.2 Å². The van der Waals surface area contributed by atoms with Crippen LogP contribution in [0.5, 0.6) is 0 Å². The molecule has 3 aromatic rings. The standard InChI is InChI=1S/C18H18N4O2/c23-17(19-10-4-12-22-13-5-11-20-22)15-8-9-16(21-18(15)24)14-6-2-1-3-7-14/h1-3,5-9,11,13H,4,10,12H2,(H,19,23)(H,21,24). The Morgan fingerprint density at radius 3 is 2.67 bits per heavy atom. The molecule has 0 unspecified atom stereocenters. The summed E-state index contributed by atoms with van der Waals surface area (Å²) in [6.07, 6.45) is 4.33. The van der Waals surface area contributed by atoms with Gasteiger partial charge in [-0.25, -0.2) is 0 Å².